The highest BCUT2D eigenvalue weighted by Crippen LogP contribution is 2.14. The number of alkyl halides is 1. The summed E-state index contributed by atoms with van der Waals surface area (Å²) in [5.41, 5.74) is -0.593. The smallest absolute Gasteiger partial charge is 0.410 e. The fourth-order valence-electron chi connectivity index (χ4n) is 1.69. The first-order valence-electron chi connectivity index (χ1n) is 6.09. The highest BCUT2D eigenvalue weighted by Gasteiger charge is 2.32. The summed E-state index contributed by atoms with van der Waals surface area (Å²) in [5.74, 6) is -0.777. The van der Waals surface area contributed by atoms with Gasteiger partial charge < -0.3 is 15.0 Å². The number of hydrogen-bond acceptors (Lipinski definition) is 4. The summed E-state index contributed by atoms with van der Waals surface area (Å²) in [5, 5.41) is 2.53. The average Bonchev–Trinajstić information content (AvgIpc) is 2.29. The van der Waals surface area contributed by atoms with Crippen molar-refractivity contribution in [3.05, 3.63) is 0 Å². The van der Waals surface area contributed by atoms with Crippen molar-refractivity contribution in [1.29, 1.82) is 0 Å². The molecular weight excluding hydrogens is 272 g/mol. The van der Waals surface area contributed by atoms with Crippen LogP contribution in [-0.2, 0) is 14.3 Å². The monoisotopic (exact) mass is 290 g/mol. The molecule has 0 aromatic heterocycles. The Bertz CT molecular complexity index is 378. The Morgan fingerprint density at radius 1 is 1.47 bits per heavy atom. The van der Waals surface area contributed by atoms with Crippen LogP contribution < -0.4 is 5.32 Å². The van der Waals surface area contributed by atoms with Crippen LogP contribution in [0.2, 0.25) is 0 Å². The molecule has 1 aliphatic rings. The van der Waals surface area contributed by atoms with Gasteiger partial charge in [-0.2, -0.15) is 0 Å². The maximum atomic E-state index is 11.8. The Morgan fingerprint density at radius 3 is 2.58 bits per heavy atom. The number of amides is 2. The molecule has 1 atom stereocenters. The molecule has 108 valence electrons. The molecule has 0 aromatic rings. The molecule has 0 aliphatic carbocycles. The van der Waals surface area contributed by atoms with Crippen LogP contribution >= 0.6 is 11.6 Å². The summed E-state index contributed by atoms with van der Waals surface area (Å²) in [6.07, 6.45) is -0.135. The largest absolute Gasteiger partial charge is 0.444 e. The zero-order valence-electron chi connectivity index (χ0n) is 11.4. The van der Waals surface area contributed by atoms with Crippen LogP contribution in [0.25, 0.3) is 0 Å². The molecule has 6 nitrogen and oxygen atoms in total. The standard InChI is InChI=1S/C12H19ClN2O4/c1-12(2,3)19-11(18)15-5-4-8(9(16)7-15)14-10(17)6-13/h8H,4-7H2,1-3H3,(H,14,17). The fraction of sp³-hybridized carbons (Fsp3) is 0.750. The number of ketones is 1. The number of nitrogens with zero attached hydrogens (tertiary/aromatic N) is 1. The lowest BCUT2D eigenvalue weighted by Gasteiger charge is -2.32. The summed E-state index contributed by atoms with van der Waals surface area (Å²) in [6, 6.07) is -0.565. The Labute approximate surface area is 117 Å². The molecule has 0 aromatic carbocycles. The van der Waals surface area contributed by atoms with Crippen LogP contribution in [0, 0.1) is 0 Å². The van der Waals surface area contributed by atoms with E-state index in [4.69, 9.17) is 16.3 Å². The van der Waals surface area contributed by atoms with Crippen molar-refractivity contribution in [2.45, 2.75) is 38.8 Å². The maximum Gasteiger partial charge on any atom is 0.410 e. The van der Waals surface area contributed by atoms with E-state index >= 15 is 0 Å². The fourth-order valence-corrected chi connectivity index (χ4v) is 1.77. The molecule has 1 aliphatic heterocycles. The SMILES string of the molecule is CC(C)(C)OC(=O)N1CCC(NC(=O)CCl)C(=O)C1. The number of halogens is 1. The van der Waals surface area contributed by atoms with Crippen molar-refractivity contribution in [3.8, 4) is 0 Å². The van der Waals surface area contributed by atoms with E-state index in [1.807, 2.05) is 0 Å². The molecule has 0 bridgehead atoms. The number of ether oxygens (including phenoxy) is 1. The lowest BCUT2D eigenvalue weighted by atomic mass is 10.0. The van der Waals surface area contributed by atoms with Gasteiger partial charge >= 0.3 is 6.09 Å². The van der Waals surface area contributed by atoms with Gasteiger partial charge in [0.15, 0.2) is 5.78 Å². The number of rotatable bonds is 2. The van der Waals surface area contributed by atoms with Gasteiger partial charge in [0, 0.05) is 6.54 Å². The summed E-state index contributed by atoms with van der Waals surface area (Å²) in [7, 11) is 0. The molecule has 0 saturated carbocycles. The van der Waals surface area contributed by atoms with Gasteiger partial charge in [-0.05, 0) is 27.2 Å². The highest BCUT2D eigenvalue weighted by molar-refractivity contribution is 6.27. The van der Waals surface area contributed by atoms with E-state index in [1.54, 1.807) is 20.8 Å². The second kappa shape index (κ2) is 6.23. The third-order valence-electron chi connectivity index (χ3n) is 2.53. The molecule has 1 N–H and O–H groups in total. The molecule has 2 amide bonds. The molecule has 1 fully saturated rings. The number of hydrogen-bond donors (Lipinski definition) is 1. The third-order valence-corrected chi connectivity index (χ3v) is 2.77. The van der Waals surface area contributed by atoms with Crippen molar-refractivity contribution in [2.24, 2.45) is 0 Å². The van der Waals surface area contributed by atoms with Gasteiger partial charge in [0.2, 0.25) is 5.91 Å². The lowest BCUT2D eigenvalue weighted by molar-refractivity contribution is -0.129. The van der Waals surface area contributed by atoms with Crippen LogP contribution in [-0.4, -0.2) is 53.3 Å². The summed E-state index contributed by atoms with van der Waals surface area (Å²) >= 11 is 5.36. The van der Waals surface area contributed by atoms with E-state index < -0.39 is 17.7 Å². The first-order valence-corrected chi connectivity index (χ1v) is 6.62. The molecule has 19 heavy (non-hydrogen) atoms. The van der Waals surface area contributed by atoms with Crippen molar-refractivity contribution < 1.29 is 19.1 Å². The Kier molecular flexibility index (Phi) is 5.17. The van der Waals surface area contributed by atoms with Gasteiger partial charge in [0.25, 0.3) is 0 Å². The molecule has 1 unspecified atom stereocenters. The molecule has 1 rings (SSSR count). The topological polar surface area (TPSA) is 75.7 Å². The average molecular weight is 291 g/mol. The molecule has 1 heterocycles. The van der Waals surface area contributed by atoms with E-state index in [9.17, 15) is 14.4 Å². The zero-order valence-corrected chi connectivity index (χ0v) is 12.1. The van der Waals surface area contributed by atoms with E-state index in [0.717, 1.165) is 0 Å². The first-order chi connectivity index (χ1) is 8.73. The predicted octanol–water partition coefficient (Wildman–Crippen LogP) is 0.920. The highest BCUT2D eigenvalue weighted by atomic mass is 35.5. The number of Topliss-reactive ketones (excluding diaryl/α,β-unsaturated/α-hetero) is 1. The number of carbonyl (C=O) groups excluding carboxylic acids is 3. The minimum absolute atomic E-state index is 0.0534. The third kappa shape index (κ3) is 5.06. The normalized spacial score (nSPS) is 20.1. The van der Waals surface area contributed by atoms with Gasteiger partial charge in [-0.25, -0.2) is 4.79 Å². The van der Waals surface area contributed by atoms with Crippen LogP contribution in [0.15, 0.2) is 0 Å². The molecule has 0 spiro atoms. The van der Waals surface area contributed by atoms with Crippen molar-refractivity contribution in [2.75, 3.05) is 19.0 Å². The summed E-state index contributed by atoms with van der Waals surface area (Å²) in [4.78, 5) is 36.1. The Balaban J connectivity index is 2.52. The summed E-state index contributed by atoms with van der Waals surface area (Å²) in [6.45, 7) is 5.61. The Hall–Kier alpha value is -1.30. The minimum Gasteiger partial charge on any atom is -0.444 e. The Morgan fingerprint density at radius 2 is 2.11 bits per heavy atom. The van der Waals surface area contributed by atoms with E-state index in [-0.39, 0.29) is 24.1 Å². The zero-order chi connectivity index (χ0) is 14.6. The van der Waals surface area contributed by atoms with Gasteiger partial charge in [-0.1, -0.05) is 0 Å². The number of carbonyl (C=O) groups is 3. The number of nitrogens with one attached hydrogen (secondary N) is 1. The second-order valence-corrected chi connectivity index (χ2v) is 5.68. The summed E-state index contributed by atoms with van der Waals surface area (Å²) < 4.78 is 5.19. The number of likely N-dealkylation sites (tertiary alicyclic amines) is 1. The van der Waals surface area contributed by atoms with E-state index in [0.29, 0.717) is 13.0 Å². The van der Waals surface area contributed by atoms with E-state index in [2.05, 4.69) is 5.32 Å². The van der Waals surface area contributed by atoms with Gasteiger partial charge in [0.1, 0.15) is 11.5 Å². The molecule has 1 saturated heterocycles. The van der Waals surface area contributed by atoms with Crippen LogP contribution in [0.1, 0.15) is 27.2 Å². The number of piperidine rings is 1. The predicted molar refractivity (Wildman–Crippen MR) is 70.1 cm³/mol. The minimum atomic E-state index is -0.593. The molecule has 0 radical (unpaired) electrons. The van der Waals surface area contributed by atoms with Crippen LogP contribution in [0.5, 0.6) is 0 Å². The molecular formula is C12H19ClN2O4. The van der Waals surface area contributed by atoms with Crippen LogP contribution in [0.3, 0.4) is 0 Å². The van der Waals surface area contributed by atoms with Crippen molar-refractivity contribution in [3.63, 3.8) is 0 Å². The van der Waals surface area contributed by atoms with Gasteiger partial charge in [0.05, 0.1) is 12.6 Å². The maximum absolute atomic E-state index is 11.8. The lowest BCUT2D eigenvalue weighted by Crippen LogP contribution is -2.53. The van der Waals surface area contributed by atoms with Crippen molar-refractivity contribution in [1.82, 2.24) is 10.2 Å². The second-order valence-electron chi connectivity index (χ2n) is 5.41. The van der Waals surface area contributed by atoms with Crippen LogP contribution in [0.4, 0.5) is 4.79 Å². The molecule has 7 heteroatoms. The van der Waals surface area contributed by atoms with E-state index in [1.165, 1.54) is 4.90 Å². The van der Waals surface area contributed by atoms with Gasteiger partial charge in [-0.15, -0.1) is 11.6 Å². The van der Waals surface area contributed by atoms with Crippen molar-refractivity contribution >= 4 is 29.4 Å². The van der Waals surface area contributed by atoms with Gasteiger partial charge in [-0.3, -0.25) is 9.59 Å². The first kappa shape index (κ1) is 15.8. The quantitative estimate of drug-likeness (QED) is 0.767.